The van der Waals surface area contributed by atoms with Gasteiger partial charge in [-0.1, -0.05) is 26.8 Å². The highest BCUT2D eigenvalue weighted by molar-refractivity contribution is 7.19. The van der Waals surface area contributed by atoms with Gasteiger partial charge in [-0.3, -0.25) is 4.79 Å². The third-order valence-corrected chi connectivity index (χ3v) is 9.85. The molecule has 1 rings (SSSR count). The average molecular weight is 266 g/mol. The predicted octanol–water partition coefficient (Wildman–Crippen LogP) is 3.65. The lowest BCUT2D eigenvalue weighted by Gasteiger charge is -2.20. The molecule has 0 radical (unpaired) electrons. The van der Waals surface area contributed by atoms with E-state index >= 15 is 0 Å². The van der Waals surface area contributed by atoms with Gasteiger partial charge in [0.25, 0.3) is 5.78 Å². The maximum absolute atomic E-state index is 12.3. The van der Waals surface area contributed by atoms with Crippen LogP contribution in [-0.2, 0) is 0 Å². The van der Waals surface area contributed by atoms with Crippen molar-refractivity contribution in [1.29, 1.82) is 0 Å². The smallest absolute Gasteiger partial charge is 0.306 e. The largest absolute Gasteiger partial charge is 0.362 e. The first-order valence-electron chi connectivity index (χ1n) is 5.95. The van der Waals surface area contributed by atoms with E-state index in [0.29, 0.717) is 10.2 Å². The lowest BCUT2D eigenvalue weighted by Crippen LogP contribution is -2.47. The van der Waals surface area contributed by atoms with Crippen molar-refractivity contribution < 1.29 is 9.58 Å². The quantitative estimate of drug-likeness (QED) is 0.255. The molecule has 17 heavy (non-hydrogen) atoms. The number of carbonyl (C=O) groups is 1. The highest BCUT2D eigenvalue weighted by Crippen LogP contribution is 2.24. The summed E-state index contributed by atoms with van der Waals surface area (Å²) >= 11 is 1.40. The molecule has 0 saturated heterocycles. The molecule has 5 heteroatoms. The minimum atomic E-state index is -1.91. The van der Waals surface area contributed by atoms with Crippen molar-refractivity contribution in [3.05, 3.63) is 27.9 Å². The van der Waals surface area contributed by atoms with Crippen molar-refractivity contribution in [3.63, 3.8) is 0 Å². The molecule has 0 N–H and O–H groups in total. The van der Waals surface area contributed by atoms with E-state index < -0.39 is 8.07 Å². The van der Waals surface area contributed by atoms with E-state index in [1.165, 1.54) is 11.3 Å². The second kappa shape index (κ2) is 6.05. The number of Topliss-reactive ketones (excluding diaryl/α,β-unsaturated/α-hetero) is 1. The third-order valence-electron chi connectivity index (χ3n) is 3.59. The molecule has 0 amide bonds. The van der Waals surface area contributed by atoms with Crippen LogP contribution in [0.15, 0.2) is 17.5 Å². The van der Waals surface area contributed by atoms with E-state index in [-0.39, 0.29) is 5.78 Å². The van der Waals surface area contributed by atoms with Crippen molar-refractivity contribution in [3.8, 4) is 0 Å². The second-order valence-electron chi connectivity index (χ2n) is 4.10. The number of thiophene rings is 1. The molecule has 1 aromatic rings. The summed E-state index contributed by atoms with van der Waals surface area (Å²) in [6, 6.07) is 6.46. The van der Waals surface area contributed by atoms with E-state index in [1.807, 2.05) is 11.4 Å². The first-order chi connectivity index (χ1) is 8.15. The van der Waals surface area contributed by atoms with Gasteiger partial charge in [0, 0.05) is 0 Å². The molecule has 1 heterocycles. The highest BCUT2D eigenvalue weighted by atomic mass is 32.1. The fourth-order valence-corrected chi connectivity index (χ4v) is 6.26. The van der Waals surface area contributed by atoms with E-state index in [0.717, 1.165) is 18.1 Å². The Hall–Kier alpha value is -1.03. The Morgan fingerprint density at radius 1 is 1.35 bits per heavy atom. The summed E-state index contributed by atoms with van der Waals surface area (Å²) in [5, 5.41) is 2.31. The molecule has 0 spiro atoms. The van der Waals surface area contributed by atoms with Crippen LogP contribution in [0.5, 0.6) is 0 Å². The summed E-state index contributed by atoms with van der Waals surface area (Å²) in [4.78, 5) is 16.4. The summed E-state index contributed by atoms with van der Waals surface area (Å²) in [6.07, 6.45) is 0. The summed E-state index contributed by atoms with van der Waals surface area (Å²) in [5.41, 5.74) is 9.23. The Bertz CT molecular complexity index is 423. The fraction of sp³-hybridized carbons (Fsp3) is 0.500. The van der Waals surface area contributed by atoms with Crippen LogP contribution in [-0.4, -0.2) is 24.0 Å². The van der Waals surface area contributed by atoms with Crippen LogP contribution < -0.4 is 0 Å². The molecule has 1 aromatic heterocycles. The van der Waals surface area contributed by atoms with Gasteiger partial charge in [-0.05, 0) is 29.6 Å². The molecule has 0 bridgehead atoms. The zero-order chi connectivity index (χ0) is 12.9. The molecule has 92 valence electrons. The summed E-state index contributed by atoms with van der Waals surface area (Å²) in [5.74, 6) is -0.0836. The topological polar surface area (TPSA) is 53.5 Å². The first kappa shape index (κ1) is 14.0. The molecule has 0 fully saturated rings. The molecule has 3 nitrogen and oxygen atoms in total. The van der Waals surface area contributed by atoms with Crippen molar-refractivity contribution in [2.45, 2.75) is 38.9 Å². The lowest BCUT2D eigenvalue weighted by molar-refractivity contribution is -0.00259. The molecule has 0 aliphatic rings. The molecular weight excluding hydrogens is 248 g/mol. The number of ketones is 1. The number of nitrogens with zero attached hydrogens (tertiary/aromatic N) is 2. The van der Waals surface area contributed by atoms with Crippen LogP contribution in [0.4, 0.5) is 0 Å². The zero-order valence-electron chi connectivity index (χ0n) is 10.6. The number of carbonyl (C=O) groups excluding carboxylic acids is 1. The number of hydrogen-bond acceptors (Lipinski definition) is 2. The van der Waals surface area contributed by atoms with Crippen LogP contribution in [0, 0.1) is 0 Å². The molecule has 0 saturated carbocycles. The van der Waals surface area contributed by atoms with E-state index in [4.69, 9.17) is 0 Å². The maximum Gasteiger partial charge on any atom is 0.306 e. The van der Waals surface area contributed by atoms with Crippen LogP contribution in [0.1, 0.15) is 30.4 Å². The van der Waals surface area contributed by atoms with Gasteiger partial charge in [-0.15, -0.1) is 11.3 Å². The molecule has 0 atom stereocenters. The minimum absolute atomic E-state index is 0.0836. The highest BCUT2D eigenvalue weighted by Gasteiger charge is 2.45. The first-order valence-corrected chi connectivity index (χ1v) is 9.46. The van der Waals surface area contributed by atoms with Crippen LogP contribution in [0.3, 0.4) is 0 Å². The van der Waals surface area contributed by atoms with E-state index in [1.54, 1.807) is 6.07 Å². The third kappa shape index (κ3) is 2.62. The standard InChI is InChI=1S/C12H18N2OSSi/c1-4-17(5-2,6-3)12(14-13)11(15)10-8-7-9-16-10/h7-9H,4-6H2,1-3H3. The van der Waals surface area contributed by atoms with Gasteiger partial charge >= 0.3 is 5.33 Å². The monoisotopic (exact) mass is 266 g/mol. The second-order valence-corrected chi connectivity index (χ2v) is 10.2. The van der Waals surface area contributed by atoms with E-state index in [2.05, 4.69) is 25.6 Å². The van der Waals surface area contributed by atoms with Crippen LogP contribution in [0.25, 0.3) is 5.53 Å². The molecule has 0 aliphatic heterocycles. The fourth-order valence-electron chi connectivity index (χ4n) is 2.17. The Morgan fingerprint density at radius 2 is 1.94 bits per heavy atom. The van der Waals surface area contributed by atoms with Gasteiger partial charge in [-0.25, -0.2) is 0 Å². The van der Waals surface area contributed by atoms with Crippen molar-refractivity contribution in [1.82, 2.24) is 0 Å². The van der Waals surface area contributed by atoms with Gasteiger partial charge in [0.2, 0.25) is 0 Å². The maximum atomic E-state index is 12.3. The lowest BCUT2D eigenvalue weighted by atomic mass is 10.3. The summed E-state index contributed by atoms with van der Waals surface area (Å²) in [6.45, 7) is 6.27. The van der Waals surface area contributed by atoms with Gasteiger partial charge in [0.1, 0.15) is 0 Å². The molecule has 0 aromatic carbocycles. The van der Waals surface area contributed by atoms with Crippen molar-refractivity contribution in [2.75, 3.05) is 0 Å². The molecular formula is C12H18N2OSSi. The van der Waals surface area contributed by atoms with Crippen LogP contribution >= 0.6 is 11.3 Å². The summed E-state index contributed by atoms with van der Waals surface area (Å²) in [7, 11) is -1.91. The van der Waals surface area contributed by atoms with E-state index in [9.17, 15) is 10.3 Å². The van der Waals surface area contributed by atoms with Gasteiger partial charge < -0.3 is 5.53 Å². The van der Waals surface area contributed by atoms with Gasteiger partial charge in [-0.2, -0.15) is 4.79 Å². The van der Waals surface area contributed by atoms with Crippen molar-refractivity contribution >= 4 is 30.5 Å². The number of rotatable bonds is 6. The Balaban J connectivity index is 3.16. The Morgan fingerprint density at radius 3 is 2.29 bits per heavy atom. The van der Waals surface area contributed by atoms with Gasteiger partial charge in [0.15, 0.2) is 8.07 Å². The van der Waals surface area contributed by atoms with Crippen molar-refractivity contribution in [2.24, 2.45) is 0 Å². The summed E-state index contributed by atoms with van der Waals surface area (Å²) < 4.78 is 0. The molecule has 0 aliphatic carbocycles. The minimum Gasteiger partial charge on any atom is -0.362 e. The van der Waals surface area contributed by atoms with Crippen LogP contribution in [0.2, 0.25) is 18.1 Å². The zero-order valence-corrected chi connectivity index (χ0v) is 12.4. The van der Waals surface area contributed by atoms with Gasteiger partial charge in [0.05, 0.1) is 4.88 Å². The Kier molecular flexibility index (Phi) is 4.99. The predicted molar refractivity (Wildman–Crippen MR) is 74.5 cm³/mol. The number of hydrogen-bond donors (Lipinski definition) is 0. The average Bonchev–Trinajstić information content (AvgIpc) is 2.89. The normalized spacial score (nSPS) is 11.0. The SMILES string of the molecule is CC[Si](CC)(CC)C(=[N+]=[N-])C(=O)c1cccs1. The molecule has 0 unspecified atom stereocenters. The Labute approximate surface area is 107 Å².